The van der Waals surface area contributed by atoms with Gasteiger partial charge in [0.05, 0.1) is 25.7 Å². The van der Waals surface area contributed by atoms with Gasteiger partial charge in [0.25, 0.3) is 5.69 Å². The van der Waals surface area contributed by atoms with Crippen molar-refractivity contribution in [1.82, 2.24) is 4.90 Å². The number of carbonyl (C=O) groups excluding carboxylic acids is 1. The van der Waals surface area contributed by atoms with Crippen molar-refractivity contribution in [1.29, 1.82) is 0 Å². The Morgan fingerprint density at radius 1 is 1.17 bits per heavy atom. The number of anilines is 1. The molecule has 1 N–H and O–H groups in total. The van der Waals surface area contributed by atoms with Crippen LogP contribution in [-0.4, -0.2) is 43.0 Å². The number of aryl methyl sites for hydroxylation is 1. The number of nitro benzene ring substituents is 1. The fourth-order valence-electron chi connectivity index (χ4n) is 3.57. The summed E-state index contributed by atoms with van der Waals surface area (Å²) in [7, 11) is 3.20. The molecule has 0 spiro atoms. The average molecular weight is 399 g/mol. The third kappa shape index (κ3) is 4.32. The first-order valence-electron chi connectivity index (χ1n) is 9.34. The molecule has 3 rings (SSSR count). The van der Waals surface area contributed by atoms with E-state index < -0.39 is 4.92 Å². The monoisotopic (exact) mass is 399 g/mol. The smallest absolute Gasteiger partial charge is 0.293 e. The number of carbonyl (C=O) groups is 1. The van der Waals surface area contributed by atoms with Crippen molar-refractivity contribution >= 4 is 17.3 Å². The van der Waals surface area contributed by atoms with E-state index in [9.17, 15) is 14.9 Å². The standard InChI is InChI=1S/C21H25N3O5/c1-13-5-6-17(24(26)27)21(14(13)2)22-20(25)12-23-8-7-15-9-18(28-3)19(29-4)10-16(15)11-23/h5-6,9-10H,7-8,11-12H2,1-4H3,(H,22,25). The SMILES string of the molecule is COc1cc2c(cc1OC)CN(CC(=O)Nc1c([N+](=O)[O-])ccc(C)c1C)CC2. The van der Waals surface area contributed by atoms with Gasteiger partial charge in [-0.2, -0.15) is 0 Å². The van der Waals surface area contributed by atoms with Crippen molar-refractivity contribution in [2.45, 2.75) is 26.8 Å². The summed E-state index contributed by atoms with van der Waals surface area (Å²) < 4.78 is 10.7. The quantitative estimate of drug-likeness (QED) is 0.592. The lowest BCUT2D eigenvalue weighted by molar-refractivity contribution is -0.384. The first kappa shape index (κ1) is 20.6. The van der Waals surface area contributed by atoms with E-state index in [1.54, 1.807) is 27.2 Å². The van der Waals surface area contributed by atoms with Crippen LogP contribution in [0.2, 0.25) is 0 Å². The van der Waals surface area contributed by atoms with E-state index >= 15 is 0 Å². The van der Waals surface area contributed by atoms with Crippen molar-refractivity contribution in [2.24, 2.45) is 0 Å². The number of benzene rings is 2. The van der Waals surface area contributed by atoms with E-state index in [0.717, 1.165) is 17.5 Å². The second-order valence-corrected chi connectivity index (χ2v) is 7.14. The lowest BCUT2D eigenvalue weighted by atomic mass is 9.99. The molecule has 1 amide bonds. The summed E-state index contributed by atoms with van der Waals surface area (Å²) in [5, 5.41) is 14.1. The highest BCUT2D eigenvalue weighted by Crippen LogP contribution is 2.33. The molecule has 2 aromatic rings. The van der Waals surface area contributed by atoms with Crippen LogP contribution in [0.3, 0.4) is 0 Å². The Balaban J connectivity index is 1.74. The number of hydrogen-bond acceptors (Lipinski definition) is 6. The van der Waals surface area contributed by atoms with Crippen molar-refractivity contribution in [2.75, 3.05) is 32.6 Å². The van der Waals surface area contributed by atoms with Gasteiger partial charge in [0.15, 0.2) is 11.5 Å². The third-order valence-electron chi connectivity index (χ3n) is 5.34. The molecule has 1 aliphatic heterocycles. The zero-order valence-corrected chi connectivity index (χ0v) is 17.1. The number of nitrogens with zero attached hydrogens (tertiary/aromatic N) is 2. The van der Waals surface area contributed by atoms with Crippen LogP contribution < -0.4 is 14.8 Å². The summed E-state index contributed by atoms with van der Waals surface area (Å²) in [5.41, 5.74) is 4.02. The molecule has 1 aliphatic rings. The minimum Gasteiger partial charge on any atom is -0.493 e. The molecule has 1 heterocycles. The lowest BCUT2D eigenvalue weighted by Gasteiger charge is -2.29. The number of nitro groups is 1. The molecule has 154 valence electrons. The van der Waals surface area contributed by atoms with Crippen LogP contribution in [0.15, 0.2) is 24.3 Å². The molecule has 0 atom stereocenters. The fraction of sp³-hybridized carbons (Fsp3) is 0.381. The summed E-state index contributed by atoms with van der Waals surface area (Å²) in [6.45, 7) is 5.09. The molecule has 29 heavy (non-hydrogen) atoms. The highest BCUT2D eigenvalue weighted by molar-refractivity contribution is 5.95. The summed E-state index contributed by atoms with van der Waals surface area (Å²) in [5.74, 6) is 1.08. The third-order valence-corrected chi connectivity index (χ3v) is 5.34. The number of hydrogen-bond donors (Lipinski definition) is 1. The molecular formula is C21H25N3O5. The molecule has 2 aromatic carbocycles. The van der Waals surface area contributed by atoms with E-state index in [1.807, 2.05) is 24.0 Å². The first-order valence-corrected chi connectivity index (χ1v) is 9.34. The second-order valence-electron chi connectivity index (χ2n) is 7.14. The van der Waals surface area contributed by atoms with Gasteiger partial charge in [0.1, 0.15) is 5.69 Å². The van der Waals surface area contributed by atoms with Gasteiger partial charge in [0, 0.05) is 19.2 Å². The summed E-state index contributed by atoms with van der Waals surface area (Å²) in [6.07, 6.45) is 0.784. The van der Waals surface area contributed by atoms with Crippen molar-refractivity contribution in [3.05, 3.63) is 56.6 Å². The number of rotatable bonds is 6. The Hall–Kier alpha value is -3.13. The van der Waals surface area contributed by atoms with Gasteiger partial charge in [0.2, 0.25) is 5.91 Å². The van der Waals surface area contributed by atoms with Gasteiger partial charge >= 0.3 is 0 Å². The normalized spacial score (nSPS) is 13.5. The minimum atomic E-state index is -0.473. The Bertz CT molecular complexity index is 958. The zero-order valence-electron chi connectivity index (χ0n) is 17.1. The van der Waals surface area contributed by atoms with Gasteiger partial charge < -0.3 is 14.8 Å². The molecule has 0 unspecified atom stereocenters. The Morgan fingerprint density at radius 2 is 1.83 bits per heavy atom. The molecule has 0 saturated heterocycles. The molecule has 8 nitrogen and oxygen atoms in total. The molecule has 0 fully saturated rings. The summed E-state index contributed by atoms with van der Waals surface area (Å²) in [6, 6.07) is 7.03. The first-order chi connectivity index (χ1) is 13.8. The predicted octanol–water partition coefficient (Wildman–Crippen LogP) is 3.23. The number of amides is 1. The van der Waals surface area contributed by atoms with E-state index in [0.29, 0.717) is 30.2 Å². The average Bonchev–Trinajstić information content (AvgIpc) is 2.70. The van der Waals surface area contributed by atoms with E-state index in [-0.39, 0.29) is 23.8 Å². The molecule has 0 aliphatic carbocycles. The number of ether oxygens (including phenoxy) is 2. The van der Waals surface area contributed by atoms with Gasteiger partial charge in [-0.25, -0.2) is 0 Å². The molecular weight excluding hydrogens is 374 g/mol. The van der Waals surface area contributed by atoms with Crippen LogP contribution in [-0.2, 0) is 17.8 Å². The molecule has 8 heteroatoms. The van der Waals surface area contributed by atoms with Gasteiger partial charge in [-0.3, -0.25) is 19.8 Å². The van der Waals surface area contributed by atoms with Crippen LogP contribution in [0.4, 0.5) is 11.4 Å². The Labute approximate surface area is 169 Å². The number of methoxy groups -OCH3 is 2. The maximum Gasteiger partial charge on any atom is 0.293 e. The van der Waals surface area contributed by atoms with E-state index in [4.69, 9.17) is 9.47 Å². The van der Waals surface area contributed by atoms with Crippen LogP contribution in [0.5, 0.6) is 11.5 Å². The van der Waals surface area contributed by atoms with Gasteiger partial charge in [-0.1, -0.05) is 6.07 Å². The molecule has 0 radical (unpaired) electrons. The summed E-state index contributed by atoms with van der Waals surface area (Å²) >= 11 is 0. The topological polar surface area (TPSA) is 93.9 Å². The molecule has 0 bridgehead atoms. The highest BCUT2D eigenvalue weighted by atomic mass is 16.6. The zero-order chi connectivity index (χ0) is 21.1. The number of nitrogens with one attached hydrogen (secondary N) is 1. The summed E-state index contributed by atoms with van der Waals surface area (Å²) in [4.78, 5) is 25.5. The van der Waals surface area contributed by atoms with Crippen LogP contribution in [0.1, 0.15) is 22.3 Å². The van der Waals surface area contributed by atoms with Crippen LogP contribution >= 0.6 is 0 Å². The maximum absolute atomic E-state index is 12.6. The van der Waals surface area contributed by atoms with Gasteiger partial charge in [-0.15, -0.1) is 0 Å². The number of fused-ring (bicyclic) bond motifs is 1. The van der Waals surface area contributed by atoms with Crippen molar-refractivity contribution < 1.29 is 19.2 Å². The predicted molar refractivity (Wildman–Crippen MR) is 110 cm³/mol. The minimum absolute atomic E-state index is 0.0951. The Kier molecular flexibility index (Phi) is 6.03. The Morgan fingerprint density at radius 3 is 2.45 bits per heavy atom. The maximum atomic E-state index is 12.6. The molecule has 0 aromatic heterocycles. The van der Waals surface area contributed by atoms with Crippen molar-refractivity contribution in [3.8, 4) is 11.5 Å². The van der Waals surface area contributed by atoms with E-state index in [1.165, 1.54) is 11.6 Å². The van der Waals surface area contributed by atoms with Gasteiger partial charge in [-0.05, 0) is 54.7 Å². The van der Waals surface area contributed by atoms with Crippen LogP contribution in [0.25, 0.3) is 0 Å². The van der Waals surface area contributed by atoms with Crippen molar-refractivity contribution in [3.63, 3.8) is 0 Å². The molecule has 0 saturated carbocycles. The lowest BCUT2D eigenvalue weighted by Crippen LogP contribution is -2.37. The van der Waals surface area contributed by atoms with E-state index in [2.05, 4.69) is 5.32 Å². The largest absolute Gasteiger partial charge is 0.493 e. The second kappa shape index (κ2) is 8.48. The van der Waals surface area contributed by atoms with Crippen LogP contribution in [0, 0.1) is 24.0 Å². The fourth-order valence-corrected chi connectivity index (χ4v) is 3.57. The highest BCUT2D eigenvalue weighted by Gasteiger charge is 2.23.